The van der Waals surface area contributed by atoms with Gasteiger partial charge in [0.2, 0.25) is 8.32 Å². The highest BCUT2D eigenvalue weighted by Crippen LogP contribution is 2.43. The fraction of sp³-hybridized carbons (Fsp3) is 0.714. The summed E-state index contributed by atoms with van der Waals surface area (Å²) in [4.78, 5) is 2.36. The SMILES string of the molecule is CC(C)[Si](O[C@@H]1C[C@@H](O)CN(Cc2ccccc2)C1)(C(C)C)C(C)C. The molecule has 0 spiro atoms. The summed E-state index contributed by atoms with van der Waals surface area (Å²) < 4.78 is 6.94. The first-order valence-electron chi connectivity index (χ1n) is 9.87. The third kappa shape index (κ3) is 4.94. The molecule has 1 N–H and O–H groups in total. The molecule has 0 radical (unpaired) electrons. The largest absolute Gasteiger partial charge is 0.412 e. The van der Waals surface area contributed by atoms with Crippen LogP contribution in [0.3, 0.4) is 0 Å². The number of benzene rings is 1. The van der Waals surface area contributed by atoms with Gasteiger partial charge in [0.25, 0.3) is 0 Å². The van der Waals surface area contributed by atoms with Gasteiger partial charge in [0.1, 0.15) is 0 Å². The molecule has 1 heterocycles. The minimum Gasteiger partial charge on any atom is -0.412 e. The lowest BCUT2D eigenvalue weighted by Crippen LogP contribution is -2.55. The molecule has 4 heteroatoms. The highest BCUT2D eigenvalue weighted by atomic mass is 28.4. The van der Waals surface area contributed by atoms with E-state index < -0.39 is 8.32 Å². The second-order valence-electron chi connectivity index (χ2n) is 8.63. The van der Waals surface area contributed by atoms with Crippen LogP contribution >= 0.6 is 0 Å². The molecule has 0 unspecified atom stereocenters. The number of piperidine rings is 1. The molecular weight excluding hydrogens is 326 g/mol. The van der Waals surface area contributed by atoms with E-state index in [0.29, 0.717) is 16.6 Å². The Labute approximate surface area is 155 Å². The molecule has 2 rings (SSSR count). The molecule has 2 atom stereocenters. The van der Waals surface area contributed by atoms with E-state index in [1.54, 1.807) is 0 Å². The summed E-state index contributed by atoms with van der Waals surface area (Å²) in [6.45, 7) is 16.5. The molecule has 1 aromatic carbocycles. The summed E-state index contributed by atoms with van der Waals surface area (Å²) in [7, 11) is -1.90. The van der Waals surface area contributed by atoms with Gasteiger partial charge >= 0.3 is 0 Å². The Morgan fingerprint density at radius 2 is 1.56 bits per heavy atom. The monoisotopic (exact) mass is 363 g/mol. The van der Waals surface area contributed by atoms with Crippen molar-refractivity contribution in [3.63, 3.8) is 0 Å². The van der Waals surface area contributed by atoms with E-state index >= 15 is 0 Å². The van der Waals surface area contributed by atoms with E-state index in [2.05, 4.69) is 70.7 Å². The van der Waals surface area contributed by atoms with Gasteiger partial charge in [0, 0.05) is 26.1 Å². The number of nitrogens with zero attached hydrogens (tertiary/aromatic N) is 1. The summed E-state index contributed by atoms with van der Waals surface area (Å²) >= 11 is 0. The third-order valence-corrected chi connectivity index (χ3v) is 11.9. The van der Waals surface area contributed by atoms with E-state index in [4.69, 9.17) is 4.43 Å². The van der Waals surface area contributed by atoms with E-state index in [9.17, 15) is 5.11 Å². The molecular formula is C21H37NO2Si. The lowest BCUT2D eigenvalue weighted by molar-refractivity contribution is -0.00720. The maximum absolute atomic E-state index is 10.4. The Bertz CT molecular complexity index is 496. The number of rotatable bonds is 7. The highest BCUT2D eigenvalue weighted by molar-refractivity contribution is 6.77. The first-order chi connectivity index (χ1) is 11.8. The van der Waals surface area contributed by atoms with Crippen molar-refractivity contribution in [1.82, 2.24) is 4.90 Å². The molecule has 0 aromatic heterocycles. The zero-order chi connectivity index (χ0) is 18.6. The predicted molar refractivity (Wildman–Crippen MR) is 108 cm³/mol. The number of hydrogen-bond acceptors (Lipinski definition) is 3. The highest BCUT2D eigenvalue weighted by Gasteiger charge is 2.47. The summed E-state index contributed by atoms with van der Waals surface area (Å²) in [6.07, 6.45) is 0.624. The number of likely N-dealkylation sites (tertiary alicyclic amines) is 1. The molecule has 0 saturated carbocycles. The zero-order valence-corrected chi connectivity index (χ0v) is 17.9. The van der Waals surface area contributed by atoms with Gasteiger partial charge in [-0.05, 0) is 22.2 Å². The van der Waals surface area contributed by atoms with E-state index in [-0.39, 0.29) is 12.2 Å². The van der Waals surface area contributed by atoms with Crippen molar-refractivity contribution in [2.24, 2.45) is 0 Å². The van der Waals surface area contributed by atoms with E-state index in [1.807, 2.05) is 6.07 Å². The average Bonchev–Trinajstić information content (AvgIpc) is 2.52. The number of hydrogen-bond donors (Lipinski definition) is 1. The molecule has 0 amide bonds. The predicted octanol–water partition coefficient (Wildman–Crippen LogP) is 4.81. The number of aliphatic hydroxyl groups excluding tert-OH is 1. The van der Waals surface area contributed by atoms with Crippen molar-refractivity contribution in [3.05, 3.63) is 35.9 Å². The van der Waals surface area contributed by atoms with Crippen LogP contribution in [0.1, 0.15) is 53.5 Å². The second-order valence-corrected chi connectivity index (χ2v) is 14.0. The van der Waals surface area contributed by atoms with Gasteiger partial charge in [0.15, 0.2) is 0 Å². The number of aliphatic hydroxyl groups is 1. The normalized spacial score (nSPS) is 23.0. The number of β-amino-alcohol motifs (C(OH)–C–C–N with tert-alkyl or cyclic N) is 1. The Morgan fingerprint density at radius 1 is 1.00 bits per heavy atom. The first-order valence-corrected chi connectivity index (χ1v) is 12.0. The second kappa shape index (κ2) is 8.80. The van der Waals surface area contributed by atoms with E-state index in [1.165, 1.54) is 5.56 Å². The van der Waals surface area contributed by atoms with Crippen LogP contribution in [0.15, 0.2) is 30.3 Å². The van der Waals surface area contributed by atoms with Crippen LogP contribution in [0.4, 0.5) is 0 Å². The molecule has 1 aliphatic heterocycles. The standard InChI is InChI=1S/C21H37NO2Si/c1-16(2)25(17(3)4,18(5)6)24-21-12-20(23)14-22(15-21)13-19-10-8-7-9-11-19/h7-11,16-18,20-21,23H,12-15H2,1-6H3/t20-,21-/m1/s1. The zero-order valence-electron chi connectivity index (χ0n) is 16.9. The van der Waals surface area contributed by atoms with Gasteiger partial charge < -0.3 is 9.53 Å². The van der Waals surface area contributed by atoms with Crippen molar-refractivity contribution < 1.29 is 9.53 Å². The minimum absolute atomic E-state index is 0.145. The molecule has 1 aromatic rings. The van der Waals surface area contributed by atoms with Gasteiger partial charge in [0.05, 0.1) is 12.2 Å². The van der Waals surface area contributed by atoms with Crippen LogP contribution in [0.5, 0.6) is 0 Å². The molecule has 25 heavy (non-hydrogen) atoms. The Hall–Kier alpha value is -0.683. The quantitative estimate of drug-likeness (QED) is 0.705. The fourth-order valence-corrected chi connectivity index (χ4v) is 10.4. The topological polar surface area (TPSA) is 32.7 Å². The minimum atomic E-state index is -1.90. The molecule has 1 fully saturated rings. The smallest absolute Gasteiger partial charge is 0.200 e. The van der Waals surface area contributed by atoms with Crippen molar-refractivity contribution >= 4 is 8.32 Å². The lowest BCUT2D eigenvalue weighted by Gasteiger charge is -2.47. The van der Waals surface area contributed by atoms with Crippen LogP contribution in [0.2, 0.25) is 16.6 Å². The van der Waals surface area contributed by atoms with Crippen molar-refractivity contribution in [3.8, 4) is 0 Å². The maximum Gasteiger partial charge on any atom is 0.200 e. The fourth-order valence-electron chi connectivity index (χ4n) is 4.87. The lowest BCUT2D eigenvalue weighted by atomic mass is 10.0. The van der Waals surface area contributed by atoms with Crippen LogP contribution < -0.4 is 0 Å². The van der Waals surface area contributed by atoms with Gasteiger partial charge in [-0.3, -0.25) is 4.90 Å². The summed E-state index contributed by atoms with van der Waals surface area (Å²) in [6, 6.07) is 10.5. The first kappa shape index (κ1) is 20.6. The maximum atomic E-state index is 10.4. The Balaban J connectivity index is 2.12. The Morgan fingerprint density at radius 3 is 2.08 bits per heavy atom. The van der Waals surface area contributed by atoms with Gasteiger partial charge in [-0.25, -0.2) is 0 Å². The van der Waals surface area contributed by atoms with E-state index in [0.717, 1.165) is 26.1 Å². The van der Waals surface area contributed by atoms with Crippen LogP contribution in [0.25, 0.3) is 0 Å². The molecule has 142 valence electrons. The van der Waals surface area contributed by atoms with Crippen molar-refractivity contribution in [2.75, 3.05) is 13.1 Å². The van der Waals surface area contributed by atoms with Crippen LogP contribution in [-0.4, -0.2) is 43.6 Å². The van der Waals surface area contributed by atoms with Gasteiger partial charge in [-0.2, -0.15) is 0 Å². The van der Waals surface area contributed by atoms with Crippen LogP contribution in [-0.2, 0) is 11.0 Å². The van der Waals surface area contributed by atoms with Gasteiger partial charge in [-0.15, -0.1) is 0 Å². The van der Waals surface area contributed by atoms with Crippen LogP contribution in [0, 0.1) is 0 Å². The summed E-state index contributed by atoms with van der Waals surface area (Å²) in [5.74, 6) is 0. The third-order valence-electron chi connectivity index (χ3n) is 5.79. The molecule has 0 aliphatic carbocycles. The molecule has 3 nitrogen and oxygen atoms in total. The molecule has 1 aliphatic rings. The summed E-state index contributed by atoms with van der Waals surface area (Å²) in [5, 5.41) is 10.4. The molecule has 1 saturated heterocycles. The molecule has 0 bridgehead atoms. The average molecular weight is 364 g/mol. The van der Waals surface area contributed by atoms with Gasteiger partial charge in [-0.1, -0.05) is 71.9 Å². The summed E-state index contributed by atoms with van der Waals surface area (Å²) in [5.41, 5.74) is 3.04. The van der Waals surface area contributed by atoms with Crippen molar-refractivity contribution in [1.29, 1.82) is 0 Å². The van der Waals surface area contributed by atoms with Crippen molar-refractivity contribution in [2.45, 2.75) is 83.3 Å². The Kier molecular flexibility index (Phi) is 7.26.